The first-order valence-corrected chi connectivity index (χ1v) is 9.66. The molecule has 1 unspecified atom stereocenters. The summed E-state index contributed by atoms with van der Waals surface area (Å²) in [6.45, 7) is 1.73. The predicted molar refractivity (Wildman–Crippen MR) is 96.8 cm³/mol. The maximum absolute atomic E-state index is 9.11. The van der Waals surface area contributed by atoms with Crippen molar-refractivity contribution in [1.82, 2.24) is 9.88 Å². The van der Waals surface area contributed by atoms with E-state index in [1.54, 1.807) is 11.3 Å². The van der Waals surface area contributed by atoms with Crippen LogP contribution in [0.2, 0.25) is 0 Å². The van der Waals surface area contributed by atoms with Gasteiger partial charge in [-0.25, -0.2) is 4.98 Å². The summed E-state index contributed by atoms with van der Waals surface area (Å²) in [6.07, 6.45) is 8.42. The molecule has 1 atom stereocenters. The minimum Gasteiger partial charge on any atom is -0.335 e. The van der Waals surface area contributed by atoms with E-state index in [9.17, 15) is 0 Å². The van der Waals surface area contributed by atoms with Crippen molar-refractivity contribution in [3.63, 3.8) is 0 Å². The summed E-state index contributed by atoms with van der Waals surface area (Å²) >= 11 is 1.76. The molecule has 1 aliphatic heterocycles. The number of aromatic nitrogens is 1. The zero-order valence-corrected chi connectivity index (χ0v) is 14.4. The molecule has 1 aromatic carbocycles. The maximum Gasteiger partial charge on any atom is 0.188 e. The Morgan fingerprint density at radius 3 is 2.88 bits per heavy atom. The normalized spacial score (nSPS) is 22.7. The quantitative estimate of drug-likeness (QED) is 0.839. The maximum atomic E-state index is 9.11. The van der Waals surface area contributed by atoms with E-state index in [-0.39, 0.29) is 0 Å². The fourth-order valence-electron chi connectivity index (χ4n) is 3.68. The fourth-order valence-corrected chi connectivity index (χ4v) is 4.60. The minimum absolute atomic E-state index is 0.455. The Hall–Kier alpha value is -2.06. The SMILES string of the molecule is N#CN1CCC(C(Nc2nc3ccc(C4CC4)cc3s2)=C2CC2)C1. The molecule has 5 rings (SSSR count). The van der Waals surface area contributed by atoms with E-state index < -0.39 is 0 Å². The van der Waals surface area contributed by atoms with Crippen LogP contribution in [0.25, 0.3) is 10.2 Å². The van der Waals surface area contributed by atoms with E-state index in [2.05, 4.69) is 29.7 Å². The first-order valence-electron chi connectivity index (χ1n) is 8.84. The molecule has 122 valence electrons. The van der Waals surface area contributed by atoms with Crippen molar-refractivity contribution in [2.75, 3.05) is 18.4 Å². The van der Waals surface area contributed by atoms with Crippen molar-refractivity contribution in [2.45, 2.75) is 38.0 Å². The molecule has 4 nitrogen and oxygen atoms in total. The minimum atomic E-state index is 0.455. The lowest BCUT2D eigenvalue weighted by Gasteiger charge is -2.15. The molecule has 3 aliphatic rings. The third-order valence-electron chi connectivity index (χ3n) is 5.32. The van der Waals surface area contributed by atoms with Gasteiger partial charge in [-0.3, -0.25) is 0 Å². The van der Waals surface area contributed by atoms with Crippen LogP contribution in [0.3, 0.4) is 0 Å². The summed E-state index contributed by atoms with van der Waals surface area (Å²) in [4.78, 5) is 6.66. The van der Waals surface area contributed by atoms with E-state index in [1.807, 2.05) is 4.90 Å². The average Bonchev–Trinajstić information content (AvgIpc) is 3.52. The molecule has 2 aliphatic carbocycles. The van der Waals surface area contributed by atoms with Gasteiger partial charge in [0.2, 0.25) is 0 Å². The molecule has 2 saturated carbocycles. The second-order valence-electron chi connectivity index (χ2n) is 7.19. The fraction of sp³-hybridized carbons (Fsp3) is 0.474. The Bertz CT molecular complexity index is 865. The highest BCUT2D eigenvalue weighted by Gasteiger charge is 2.31. The summed E-state index contributed by atoms with van der Waals surface area (Å²) in [5.41, 5.74) is 5.43. The van der Waals surface area contributed by atoms with Gasteiger partial charge in [-0.15, -0.1) is 0 Å². The van der Waals surface area contributed by atoms with Crippen LogP contribution < -0.4 is 5.32 Å². The Labute approximate surface area is 145 Å². The number of thiazole rings is 1. The van der Waals surface area contributed by atoms with Crippen LogP contribution in [0, 0.1) is 17.4 Å². The highest BCUT2D eigenvalue weighted by Crippen LogP contribution is 2.43. The van der Waals surface area contributed by atoms with Crippen LogP contribution in [0.1, 0.15) is 43.6 Å². The van der Waals surface area contributed by atoms with Crippen LogP contribution in [-0.4, -0.2) is 23.0 Å². The van der Waals surface area contributed by atoms with Gasteiger partial charge in [0, 0.05) is 24.7 Å². The highest BCUT2D eigenvalue weighted by atomic mass is 32.1. The van der Waals surface area contributed by atoms with Crippen LogP contribution >= 0.6 is 11.3 Å². The molecule has 0 bridgehead atoms. The molecule has 2 heterocycles. The zero-order chi connectivity index (χ0) is 16.1. The smallest absolute Gasteiger partial charge is 0.188 e. The Morgan fingerprint density at radius 1 is 1.29 bits per heavy atom. The molecule has 0 spiro atoms. The number of hydrogen-bond donors (Lipinski definition) is 1. The first kappa shape index (κ1) is 14.3. The Balaban J connectivity index is 1.40. The largest absolute Gasteiger partial charge is 0.335 e. The summed E-state index contributed by atoms with van der Waals surface area (Å²) in [7, 11) is 0. The Morgan fingerprint density at radius 2 is 2.17 bits per heavy atom. The topological polar surface area (TPSA) is 52.0 Å². The molecular weight excluding hydrogens is 316 g/mol. The highest BCUT2D eigenvalue weighted by molar-refractivity contribution is 7.22. The molecule has 1 aromatic heterocycles. The number of nitriles is 1. The van der Waals surface area contributed by atoms with Crippen molar-refractivity contribution in [3.8, 4) is 6.19 Å². The van der Waals surface area contributed by atoms with Gasteiger partial charge in [-0.1, -0.05) is 17.4 Å². The number of anilines is 1. The summed E-state index contributed by atoms with van der Waals surface area (Å²) in [6, 6.07) is 6.74. The lowest BCUT2D eigenvalue weighted by Crippen LogP contribution is -2.17. The number of rotatable bonds is 4. The molecular formula is C19H20N4S. The van der Waals surface area contributed by atoms with Gasteiger partial charge in [0.25, 0.3) is 0 Å². The van der Waals surface area contributed by atoms with E-state index in [1.165, 1.54) is 47.2 Å². The van der Waals surface area contributed by atoms with E-state index >= 15 is 0 Å². The molecule has 3 fully saturated rings. The van der Waals surface area contributed by atoms with Gasteiger partial charge in [0.1, 0.15) is 0 Å². The summed E-state index contributed by atoms with van der Waals surface area (Å²) < 4.78 is 1.28. The van der Waals surface area contributed by atoms with Gasteiger partial charge < -0.3 is 10.2 Å². The third-order valence-corrected chi connectivity index (χ3v) is 6.26. The van der Waals surface area contributed by atoms with Crippen molar-refractivity contribution in [1.29, 1.82) is 5.26 Å². The van der Waals surface area contributed by atoms with Crippen molar-refractivity contribution >= 4 is 26.7 Å². The second kappa shape index (κ2) is 5.49. The van der Waals surface area contributed by atoms with Gasteiger partial charge in [-0.05, 0) is 61.3 Å². The zero-order valence-electron chi connectivity index (χ0n) is 13.6. The van der Waals surface area contributed by atoms with E-state index in [4.69, 9.17) is 10.2 Å². The van der Waals surface area contributed by atoms with Gasteiger partial charge in [0.15, 0.2) is 11.3 Å². The predicted octanol–water partition coefficient (Wildman–Crippen LogP) is 4.44. The van der Waals surface area contributed by atoms with Crippen LogP contribution in [0.4, 0.5) is 5.13 Å². The molecule has 2 aromatic rings. The van der Waals surface area contributed by atoms with E-state index in [0.717, 1.165) is 36.1 Å². The Kier molecular flexibility index (Phi) is 3.27. The third kappa shape index (κ3) is 2.65. The van der Waals surface area contributed by atoms with Crippen molar-refractivity contribution < 1.29 is 0 Å². The second-order valence-corrected chi connectivity index (χ2v) is 8.22. The number of hydrogen-bond acceptors (Lipinski definition) is 5. The van der Waals surface area contributed by atoms with Crippen LogP contribution in [-0.2, 0) is 0 Å². The van der Waals surface area contributed by atoms with E-state index in [0.29, 0.717) is 5.92 Å². The average molecular weight is 336 g/mol. The van der Waals surface area contributed by atoms with Crippen LogP contribution in [0.5, 0.6) is 0 Å². The number of nitrogens with one attached hydrogen (secondary N) is 1. The lowest BCUT2D eigenvalue weighted by molar-refractivity contribution is 0.471. The molecule has 24 heavy (non-hydrogen) atoms. The van der Waals surface area contributed by atoms with Gasteiger partial charge in [0.05, 0.1) is 10.2 Å². The molecule has 1 N–H and O–H groups in total. The lowest BCUT2D eigenvalue weighted by atomic mass is 10.0. The number of nitrogens with zero attached hydrogens (tertiary/aromatic N) is 3. The standard InChI is InChI=1S/C19H20N4S/c20-11-23-8-7-15(10-23)18(13-3-4-13)22-19-21-16-6-5-14(12-1-2-12)9-17(16)24-19/h5-6,9,12,15H,1-4,7-8,10H2,(H,21,22). The summed E-state index contributed by atoms with van der Waals surface area (Å²) in [5, 5.41) is 13.7. The van der Waals surface area contributed by atoms with Gasteiger partial charge in [-0.2, -0.15) is 5.26 Å². The molecule has 5 heteroatoms. The number of benzene rings is 1. The van der Waals surface area contributed by atoms with Crippen molar-refractivity contribution in [3.05, 3.63) is 35.0 Å². The first-order chi connectivity index (χ1) is 11.8. The van der Waals surface area contributed by atoms with Gasteiger partial charge >= 0.3 is 0 Å². The van der Waals surface area contributed by atoms with Crippen LogP contribution in [0.15, 0.2) is 29.5 Å². The summed E-state index contributed by atoms with van der Waals surface area (Å²) in [5.74, 6) is 1.24. The molecule has 0 amide bonds. The number of allylic oxidation sites excluding steroid dienone is 1. The monoisotopic (exact) mass is 336 g/mol. The van der Waals surface area contributed by atoms with Crippen molar-refractivity contribution in [2.24, 2.45) is 5.92 Å². The number of likely N-dealkylation sites (tertiary alicyclic amines) is 1. The number of fused-ring (bicyclic) bond motifs is 1. The molecule has 0 radical (unpaired) electrons. The molecule has 1 saturated heterocycles.